The van der Waals surface area contributed by atoms with Gasteiger partial charge in [0.05, 0.1) is 13.7 Å². The predicted octanol–water partition coefficient (Wildman–Crippen LogP) is 2.74. The zero-order valence-electron chi connectivity index (χ0n) is 12.0. The van der Waals surface area contributed by atoms with Crippen LogP contribution in [0.5, 0.6) is 5.75 Å². The van der Waals surface area contributed by atoms with E-state index >= 15 is 0 Å². The molecule has 0 fully saturated rings. The van der Waals surface area contributed by atoms with E-state index < -0.39 is 0 Å². The van der Waals surface area contributed by atoms with Gasteiger partial charge in [0.2, 0.25) is 0 Å². The number of carbonyl (C=O) groups excluding carboxylic acids is 1. The zero-order chi connectivity index (χ0) is 13.7. The highest BCUT2D eigenvalue weighted by atomic mass is 16.5. The largest absolute Gasteiger partial charge is 0.496 e. The number of benzene rings is 1. The Balaban J connectivity index is 2.77. The fourth-order valence-electron chi connectivity index (χ4n) is 1.88. The van der Waals surface area contributed by atoms with Gasteiger partial charge in [-0.2, -0.15) is 0 Å². The summed E-state index contributed by atoms with van der Waals surface area (Å²) in [4.78, 5) is 12.1. The third-order valence-corrected chi connectivity index (χ3v) is 2.88. The Bertz CT molecular complexity index is 425. The maximum Gasteiger partial charge on any atom is 0.176 e. The van der Waals surface area contributed by atoms with Crippen LogP contribution in [0.25, 0.3) is 0 Å². The van der Waals surface area contributed by atoms with Crippen LogP contribution in [0, 0.1) is 19.8 Å². The molecule has 0 bridgehead atoms. The molecular weight excluding hydrogens is 226 g/mol. The van der Waals surface area contributed by atoms with Gasteiger partial charge in [-0.05, 0) is 49.6 Å². The number of aryl methyl sites for hydroxylation is 2. The Morgan fingerprint density at radius 1 is 1.28 bits per heavy atom. The maximum absolute atomic E-state index is 12.1. The van der Waals surface area contributed by atoms with Gasteiger partial charge in [0.15, 0.2) is 5.78 Å². The lowest BCUT2D eigenvalue weighted by molar-refractivity contribution is 0.0989. The first-order chi connectivity index (χ1) is 8.45. The van der Waals surface area contributed by atoms with Gasteiger partial charge < -0.3 is 10.1 Å². The van der Waals surface area contributed by atoms with Crippen molar-refractivity contribution in [2.24, 2.45) is 5.92 Å². The molecule has 0 saturated carbocycles. The predicted molar refractivity (Wildman–Crippen MR) is 74.5 cm³/mol. The van der Waals surface area contributed by atoms with Gasteiger partial charge in [-0.1, -0.05) is 13.8 Å². The second-order valence-corrected chi connectivity index (χ2v) is 5.08. The Labute approximate surface area is 110 Å². The minimum Gasteiger partial charge on any atom is -0.496 e. The van der Waals surface area contributed by atoms with Crippen LogP contribution in [0.3, 0.4) is 0 Å². The Kier molecular flexibility index (Phi) is 5.35. The van der Waals surface area contributed by atoms with Crippen LogP contribution in [0.4, 0.5) is 0 Å². The second-order valence-electron chi connectivity index (χ2n) is 5.08. The van der Waals surface area contributed by atoms with Crippen LogP contribution in [0.2, 0.25) is 0 Å². The standard InChI is InChI=1S/C15H23NO2/c1-10(2)8-16-9-14(17)13-6-12(4)15(18-5)7-11(13)3/h6-7,10,16H,8-9H2,1-5H3. The molecule has 0 radical (unpaired) electrons. The van der Waals surface area contributed by atoms with Gasteiger partial charge in [0.1, 0.15) is 5.75 Å². The molecule has 0 aliphatic carbocycles. The molecule has 1 aromatic carbocycles. The number of nitrogens with one attached hydrogen (secondary N) is 1. The summed E-state index contributed by atoms with van der Waals surface area (Å²) >= 11 is 0. The molecule has 0 aliphatic heterocycles. The molecule has 0 heterocycles. The number of ether oxygens (including phenoxy) is 1. The molecule has 1 rings (SSSR count). The Morgan fingerprint density at radius 2 is 1.94 bits per heavy atom. The Hall–Kier alpha value is -1.35. The Morgan fingerprint density at radius 3 is 2.50 bits per heavy atom. The van der Waals surface area contributed by atoms with Crippen molar-refractivity contribution in [2.45, 2.75) is 27.7 Å². The van der Waals surface area contributed by atoms with Crippen molar-refractivity contribution in [2.75, 3.05) is 20.2 Å². The molecule has 0 saturated heterocycles. The van der Waals surface area contributed by atoms with E-state index in [1.54, 1.807) is 7.11 Å². The number of methoxy groups -OCH3 is 1. The molecular formula is C15H23NO2. The molecule has 0 amide bonds. The molecule has 18 heavy (non-hydrogen) atoms. The first-order valence-electron chi connectivity index (χ1n) is 6.34. The topological polar surface area (TPSA) is 38.3 Å². The zero-order valence-corrected chi connectivity index (χ0v) is 12.0. The molecule has 0 unspecified atom stereocenters. The maximum atomic E-state index is 12.1. The molecule has 0 aromatic heterocycles. The van der Waals surface area contributed by atoms with Gasteiger partial charge in [-0.15, -0.1) is 0 Å². The number of carbonyl (C=O) groups is 1. The van der Waals surface area contributed by atoms with Crippen molar-refractivity contribution < 1.29 is 9.53 Å². The van der Waals surface area contributed by atoms with E-state index in [9.17, 15) is 4.79 Å². The second kappa shape index (κ2) is 6.55. The minimum atomic E-state index is 0.138. The lowest BCUT2D eigenvalue weighted by atomic mass is 10.0. The summed E-state index contributed by atoms with van der Waals surface area (Å²) in [6, 6.07) is 3.83. The lowest BCUT2D eigenvalue weighted by Crippen LogP contribution is -2.27. The van der Waals surface area contributed by atoms with Crippen LogP contribution >= 0.6 is 0 Å². The first-order valence-corrected chi connectivity index (χ1v) is 6.34. The summed E-state index contributed by atoms with van der Waals surface area (Å²) in [5.74, 6) is 1.52. The van der Waals surface area contributed by atoms with Crippen molar-refractivity contribution in [3.63, 3.8) is 0 Å². The monoisotopic (exact) mass is 249 g/mol. The van der Waals surface area contributed by atoms with E-state index in [2.05, 4.69) is 19.2 Å². The van der Waals surface area contributed by atoms with Crippen LogP contribution in [-0.2, 0) is 0 Å². The minimum absolute atomic E-state index is 0.138. The summed E-state index contributed by atoms with van der Waals surface area (Å²) in [5.41, 5.74) is 2.74. The molecule has 1 aromatic rings. The SMILES string of the molecule is COc1cc(C)c(C(=O)CNCC(C)C)cc1C. The number of Topliss-reactive ketones (excluding diaryl/α,β-unsaturated/α-hetero) is 1. The van der Waals surface area contributed by atoms with E-state index in [1.807, 2.05) is 26.0 Å². The summed E-state index contributed by atoms with van der Waals surface area (Å²) in [6.07, 6.45) is 0. The van der Waals surface area contributed by atoms with E-state index in [-0.39, 0.29) is 5.78 Å². The normalized spacial score (nSPS) is 10.8. The lowest BCUT2D eigenvalue weighted by Gasteiger charge is -2.11. The average molecular weight is 249 g/mol. The first kappa shape index (κ1) is 14.7. The third kappa shape index (κ3) is 3.84. The number of ketones is 1. The van der Waals surface area contributed by atoms with Gasteiger partial charge in [-0.3, -0.25) is 4.79 Å². The van der Waals surface area contributed by atoms with Gasteiger partial charge >= 0.3 is 0 Å². The van der Waals surface area contributed by atoms with Crippen molar-refractivity contribution in [1.29, 1.82) is 0 Å². The fraction of sp³-hybridized carbons (Fsp3) is 0.533. The molecule has 3 heteroatoms. The third-order valence-electron chi connectivity index (χ3n) is 2.88. The van der Waals surface area contributed by atoms with Crippen LogP contribution in [-0.4, -0.2) is 26.0 Å². The highest BCUT2D eigenvalue weighted by Crippen LogP contribution is 2.22. The number of hydrogen-bond donors (Lipinski definition) is 1. The summed E-state index contributed by atoms with van der Waals surface area (Å²) in [5, 5.41) is 3.18. The summed E-state index contributed by atoms with van der Waals surface area (Å²) in [6.45, 7) is 9.40. The van der Waals surface area contributed by atoms with Crippen molar-refractivity contribution in [3.8, 4) is 5.75 Å². The number of rotatable bonds is 6. The van der Waals surface area contributed by atoms with Crippen molar-refractivity contribution >= 4 is 5.78 Å². The van der Waals surface area contributed by atoms with Crippen molar-refractivity contribution in [3.05, 3.63) is 28.8 Å². The molecule has 3 nitrogen and oxygen atoms in total. The van der Waals surface area contributed by atoms with Gasteiger partial charge in [0, 0.05) is 5.56 Å². The van der Waals surface area contributed by atoms with E-state index in [0.717, 1.165) is 29.0 Å². The summed E-state index contributed by atoms with van der Waals surface area (Å²) in [7, 11) is 1.65. The van der Waals surface area contributed by atoms with E-state index in [4.69, 9.17) is 4.74 Å². The molecule has 0 spiro atoms. The van der Waals surface area contributed by atoms with Crippen LogP contribution < -0.4 is 10.1 Å². The molecule has 100 valence electrons. The smallest absolute Gasteiger partial charge is 0.176 e. The highest BCUT2D eigenvalue weighted by Gasteiger charge is 2.11. The van der Waals surface area contributed by atoms with Crippen molar-refractivity contribution in [1.82, 2.24) is 5.32 Å². The average Bonchev–Trinajstić information content (AvgIpc) is 2.30. The highest BCUT2D eigenvalue weighted by molar-refractivity contribution is 5.99. The fourth-order valence-corrected chi connectivity index (χ4v) is 1.88. The molecule has 1 N–H and O–H groups in total. The number of hydrogen-bond acceptors (Lipinski definition) is 3. The summed E-state index contributed by atoms with van der Waals surface area (Å²) < 4.78 is 5.25. The van der Waals surface area contributed by atoms with Crippen LogP contribution in [0.15, 0.2) is 12.1 Å². The quantitative estimate of drug-likeness (QED) is 0.788. The van der Waals surface area contributed by atoms with Gasteiger partial charge in [-0.25, -0.2) is 0 Å². The van der Waals surface area contributed by atoms with Gasteiger partial charge in [0.25, 0.3) is 0 Å². The van der Waals surface area contributed by atoms with Crippen LogP contribution in [0.1, 0.15) is 35.3 Å². The molecule has 0 aliphatic rings. The van der Waals surface area contributed by atoms with E-state index in [0.29, 0.717) is 12.5 Å². The molecule has 0 atom stereocenters. The van der Waals surface area contributed by atoms with E-state index in [1.165, 1.54) is 0 Å².